The van der Waals surface area contributed by atoms with Crippen molar-refractivity contribution in [3.8, 4) is 11.1 Å². The third-order valence-electron chi connectivity index (χ3n) is 2.58. The summed E-state index contributed by atoms with van der Waals surface area (Å²) in [6.07, 6.45) is 0.705. The number of nitrogens with one attached hydrogen (secondary N) is 1. The third kappa shape index (κ3) is 1.96. The molecule has 0 spiro atoms. The smallest absolute Gasteiger partial charge is 0.211 e. The van der Waals surface area contributed by atoms with Crippen molar-refractivity contribution >= 4 is 12.1 Å². The number of para-hydroxylation sites is 1. The highest BCUT2D eigenvalue weighted by atomic mass is 16.1. The summed E-state index contributed by atoms with van der Waals surface area (Å²) >= 11 is 0. The van der Waals surface area contributed by atoms with Crippen LogP contribution in [0.4, 0.5) is 5.69 Å². The zero-order valence-electron chi connectivity index (χ0n) is 9.10. The summed E-state index contributed by atoms with van der Waals surface area (Å²) in [5.41, 5.74) is 4.23. The van der Waals surface area contributed by atoms with E-state index in [4.69, 9.17) is 0 Å². The first-order valence-electron chi connectivity index (χ1n) is 5.18. The molecule has 0 saturated carbocycles. The second kappa shape index (κ2) is 4.62. The molecule has 0 aromatic heterocycles. The summed E-state index contributed by atoms with van der Waals surface area (Å²) in [7, 11) is 0. The minimum absolute atomic E-state index is 0.705. The number of carbonyl (C=O) groups excluding carboxylic acids is 1. The molecule has 1 amide bonds. The molecule has 0 bridgehead atoms. The Kier molecular flexibility index (Phi) is 3.01. The molecule has 0 aliphatic carbocycles. The largest absolute Gasteiger partial charge is 0.328 e. The molecule has 1 N–H and O–H groups in total. The zero-order valence-corrected chi connectivity index (χ0v) is 9.10. The second-order valence-electron chi connectivity index (χ2n) is 3.62. The molecule has 0 heterocycles. The van der Waals surface area contributed by atoms with Crippen LogP contribution in [0.15, 0.2) is 48.5 Å². The predicted octanol–water partition coefficient (Wildman–Crippen LogP) is 3.23. The van der Waals surface area contributed by atoms with E-state index < -0.39 is 0 Å². The number of rotatable bonds is 3. The standard InChI is InChI=1S/C14H13NO/c1-11-6-2-3-7-12(11)13-8-4-5-9-14(13)15-10-16/h2-10H,1H3,(H,15,16). The lowest BCUT2D eigenvalue weighted by Crippen LogP contribution is -1.96. The van der Waals surface area contributed by atoms with Crippen molar-refractivity contribution in [1.82, 2.24) is 0 Å². The molecule has 0 fully saturated rings. The van der Waals surface area contributed by atoms with Gasteiger partial charge in [-0.05, 0) is 24.1 Å². The van der Waals surface area contributed by atoms with Crippen LogP contribution in [0.1, 0.15) is 5.56 Å². The summed E-state index contributed by atoms with van der Waals surface area (Å²) in [6, 6.07) is 15.9. The van der Waals surface area contributed by atoms with Gasteiger partial charge in [-0.2, -0.15) is 0 Å². The van der Waals surface area contributed by atoms with Crippen LogP contribution in [0.5, 0.6) is 0 Å². The Morgan fingerprint density at radius 3 is 2.25 bits per heavy atom. The zero-order chi connectivity index (χ0) is 11.4. The minimum atomic E-state index is 0.705. The number of amides is 1. The predicted molar refractivity (Wildman–Crippen MR) is 66.3 cm³/mol. The van der Waals surface area contributed by atoms with Gasteiger partial charge in [-0.25, -0.2) is 0 Å². The van der Waals surface area contributed by atoms with Crippen molar-refractivity contribution in [2.24, 2.45) is 0 Å². The molecule has 0 saturated heterocycles. The molecule has 2 aromatic carbocycles. The molecule has 2 rings (SSSR count). The molecule has 0 unspecified atom stereocenters. The monoisotopic (exact) mass is 211 g/mol. The maximum absolute atomic E-state index is 10.5. The molecular weight excluding hydrogens is 198 g/mol. The molecule has 0 radical (unpaired) electrons. The fraction of sp³-hybridized carbons (Fsp3) is 0.0714. The molecule has 16 heavy (non-hydrogen) atoms. The van der Waals surface area contributed by atoms with E-state index in [2.05, 4.69) is 24.4 Å². The maximum atomic E-state index is 10.5. The van der Waals surface area contributed by atoms with Crippen molar-refractivity contribution in [3.63, 3.8) is 0 Å². The average Bonchev–Trinajstić information content (AvgIpc) is 2.31. The first-order valence-corrected chi connectivity index (χ1v) is 5.18. The number of hydrogen-bond donors (Lipinski definition) is 1. The fourth-order valence-corrected chi connectivity index (χ4v) is 1.78. The highest BCUT2D eigenvalue weighted by Crippen LogP contribution is 2.29. The highest BCUT2D eigenvalue weighted by Gasteiger charge is 2.05. The van der Waals surface area contributed by atoms with Crippen LogP contribution in [0.3, 0.4) is 0 Å². The molecule has 0 aliphatic heterocycles. The van der Waals surface area contributed by atoms with Crippen molar-refractivity contribution in [2.45, 2.75) is 6.92 Å². The Morgan fingerprint density at radius 1 is 0.938 bits per heavy atom. The van der Waals surface area contributed by atoms with Crippen molar-refractivity contribution < 1.29 is 4.79 Å². The Labute approximate surface area is 94.9 Å². The van der Waals surface area contributed by atoms with Crippen molar-refractivity contribution in [2.75, 3.05) is 5.32 Å². The van der Waals surface area contributed by atoms with E-state index in [1.807, 2.05) is 36.4 Å². The van der Waals surface area contributed by atoms with Gasteiger partial charge in [0.2, 0.25) is 6.41 Å². The van der Waals surface area contributed by atoms with Gasteiger partial charge in [0.15, 0.2) is 0 Å². The van der Waals surface area contributed by atoms with Gasteiger partial charge < -0.3 is 5.32 Å². The molecular formula is C14H13NO. The van der Waals surface area contributed by atoms with E-state index in [0.717, 1.165) is 16.8 Å². The van der Waals surface area contributed by atoms with Crippen molar-refractivity contribution in [3.05, 3.63) is 54.1 Å². The number of aryl methyl sites for hydroxylation is 1. The summed E-state index contributed by atoms with van der Waals surface area (Å²) in [4.78, 5) is 10.5. The molecule has 0 atom stereocenters. The van der Waals surface area contributed by atoms with Gasteiger partial charge in [-0.1, -0.05) is 42.5 Å². The average molecular weight is 211 g/mol. The third-order valence-corrected chi connectivity index (χ3v) is 2.58. The van der Waals surface area contributed by atoms with E-state index in [9.17, 15) is 4.79 Å². The van der Waals surface area contributed by atoms with E-state index >= 15 is 0 Å². The van der Waals surface area contributed by atoms with Crippen molar-refractivity contribution in [1.29, 1.82) is 0 Å². The molecule has 0 aliphatic rings. The van der Waals surface area contributed by atoms with Gasteiger partial charge in [0.25, 0.3) is 0 Å². The summed E-state index contributed by atoms with van der Waals surface area (Å²) < 4.78 is 0. The Bertz CT molecular complexity index is 506. The van der Waals surface area contributed by atoms with Crippen LogP contribution in [0.2, 0.25) is 0 Å². The van der Waals surface area contributed by atoms with Gasteiger partial charge >= 0.3 is 0 Å². The highest BCUT2D eigenvalue weighted by molar-refractivity contribution is 5.86. The van der Waals surface area contributed by atoms with Crippen LogP contribution < -0.4 is 5.32 Å². The van der Waals surface area contributed by atoms with E-state index in [1.54, 1.807) is 0 Å². The SMILES string of the molecule is Cc1ccccc1-c1ccccc1NC=O. The van der Waals surface area contributed by atoms with Crippen LogP contribution in [0, 0.1) is 6.92 Å². The fourth-order valence-electron chi connectivity index (χ4n) is 1.78. The lowest BCUT2D eigenvalue weighted by molar-refractivity contribution is -0.105. The minimum Gasteiger partial charge on any atom is -0.328 e. The molecule has 2 nitrogen and oxygen atoms in total. The van der Waals surface area contributed by atoms with Crippen LogP contribution in [0.25, 0.3) is 11.1 Å². The van der Waals surface area contributed by atoms with Gasteiger partial charge in [0.05, 0.1) is 0 Å². The van der Waals surface area contributed by atoms with Crippen LogP contribution in [-0.2, 0) is 4.79 Å². The number of anilines is 1. The van der Waals surface area contributed by atoms with Gasteiger partial charge in [-0.3, -0.25) is 4.79 Å². The number of carbonyl (C=O) groups is 1. The lowest BCUT2D eigenvalue weighted by atomic mass is 9.99. The number of benzene rings is 2. The molecule has 80 valence electrons. The maximum Gasteiger partial charge on any atom is 0.211 e. The normalized spacial score (nSPS) is 9.81. The topological polar surface area (TPSA) is 29.1 Å². The Morgan fingerprint density at radius 2 is 1.56 bits per heavy atom. The van der Waals surface area contributed by atoms with Gasteiger partial charge in [0, 0.05) is 11.3 Å². The van der Waals surface area contributed by atoms with Crippen LogP contribution >= 0.6 is 0 Å². The Hall–Kier alpha value is -2.09. The molecule has 2 heteroatoms. The first kappa shape index (κ1) is 10.4. The summed E-state index contributed by atoms with van der Waals surface area (Å²) in [5.74, 6) is 0. The lowest BCUT2D eigenvalue weighted by Gasteiger charge is -2.10. The van der Waals surface area contributed by atoms with E-state index in [-0.39, 0.29) is 0 Å². The van der Waals surface area contributed by atoms with Crippen LogP contribution in [-0.4, -0.2) is 6.41 Å². The molecule has 2 aromatic rings. The summed E-state index contributed by atoms with van der Waals surface area (Å²) in [5, 5.41) is 2.72. The van der Waals surface area contributed by atoms with Gasteiger partial charge in [-0.15, -0.1) is 0 Å². The van der Waals surface area contributed by atoms with E-state index in [0.29, 0.717) is 6.41 Å². The van der Waals surface area contributed by atoms with Gasteiger partial charge in [0.1, 0.15) is 0 Å². The summed E-state index contributed by atoms with van der Waals surface area (Å²) in [6.45, 7) is 2.06. The second-order valence-corrected chi connectivity index (χ2v) is 3.62. The quantitative estimate of drug-likeness (QED) is 0.776. The first-order chi connectivity index (χ1) is 7.83. The number of hydrogen-bond acceptors (Lipinski definition) is 1. The Balaban J connectivity index is 2.55. The van der Waals surface area contributed by atoms with E-state index in [1.165, 1.54) is 5.56 Å².